The largest absolute Gasteiger partial charge is 0.481 e. The molecule has 1 aromatic heterocycles. The fourth-order valence-corrected chi connectivity index (χ4v) is 3.16. The van der Waals surface area contributed by atoms with Gasteiger partial charge in [0.25, 0.3) is 5.56 Å². The average Bonchev–Trinajstić information content (AvgIpc) is 2.92. The SMILES string of the molecule is Cn1c(N2CC[C@@H](C(=O)O)C2)nc2c(c1=O)CCCC2. The van der Waals surface area contributed by atoms with E-state index in [0.717, 1.165) is 36.9 Å². The minimum Gasteiger partial charge on any atom is -0.481 e. The normalized spacial score (nSPS) is 21.9. The van der Waals surface area contributed by atoms with E-state index in [0.29, 0.717) is 25.5 Å². The molecule has 0 unspecified atom stereocenters. The first-order valence-electron chi connectivity index (χ1n) is 7.14. The van der Waals surface area contributed by atoms with Gasteiger partial charge in [0.05, 0.1) is 11.6 Å². The summed E-state index contributed by atoms with van der Waals surface area (Å²) in [5, 5.41) is 9.08. The van der Waals surface area contributed by atoms with Gasteiger partial charge >= 0.3 is 5.97 Å². The number of fused-ring (bicyclic) bond motifs is 1. The lowest BCUT2D eigenvalue weighted by Gasteiger charge is -2.23. The summed E-state index contributed by atoms with van der Waals surface area (Å²) in [6.07, 6.45) is 4.41. The van der Waals surface area contributed by atoms with Crippen LogP contribution in [0.1, 0.15) is 30.5 Å². The molecule has 0 bridgehead atoms. The number of rotatable bonds is 2. The quantitative estimate of drug-likeness (QED) is 0.855. The number of carbonyl (C=O) groups is 1. The van der Waals surface area contributed by atoms with Crippen LogP contribution in [0.2, 0.25) is 0 Å². The number of hydrogen-bond donors (Lipinski definition) is 1. The van der Waals surface area contributed by atoms with Crippen molar-refractivity contribution in [3.8, 4) is 0 Å². The van der Waals surface area contributed by atoms with Gasteiger partial charge in [0.1, 0.15) is 0 Å². The van der Waals surface area contributed by atoms with Gasteiger partial charge < -0.3 is 10.0 Å². The summed E-state index contributed by atoms with van der Waals surface area (Å²) in [5.74, 6) is -0.502. The van der Waals surface area contributed by atoms with Crippen molar-refractivity contribution < 1.29 is 9.90 Å². The second-order valence-electron chi connectivity index (χ2n) is 5.68. The predicted molar refractivity (Wildman–Crippen MR) is 74.1 cm³/mol. The number of anilines is 1. The van der Waals surface area contributed by atoms with E-state index in [9.17, 15) is 9.59 Å². The number of carboxylic acids is 1. The highest BCUT2D eigenvalue weighted by molar-refractivity contribution is 5.71. The molecule has 1 aromatic rings. The molecular weight excluding hydrogens is 258 g/mol. The summed E-state index contributed by atoms with van der Waals surface area (Å²) in [6, 6.07) is 0. The van der Waals surface area contributed by atoms with Crippen LogP contribution in [0.25, 0.3) is 0 Å². The topological polar surface area (TPSA) is 75.4 Å². The van der Waals surface area contributed by atoms with Crippen LogP contribution in [0.4, 0.5) is 5.95 Å². The van der Waals surface area contributed by atoms with Crippen molar-refractivity contribution in [2.24, 2.45) is 13.0 Å². The maximum atomic E-state index is 12.4. The van der Waals surface area contributed by atoms with E-state index in [1.165, 1.54) is 0 Å². The van der Waals surface area contributed by atoms with E-state index in [1.54, 1.807) is 11.6 Å². The first-order valence-corrected chi connectivity index (χ1v) is 7.14. The molecule has 1 aliphatic heterocycles. The number of hydrogen-bond acceptors (Lipinski definition) is 4. The lowest BCUT2D eigenvalue weighted by Crippen LogP contribution is -2.34. The third kappa shape index (κ3) is 2.09. The monoisotopic (exact) mass is 277 g/mol. The number of nitrogens with zero attached hydrogens (tertiary/aromatic N) is 3. The van der Waals surface area contributed by atoms with Gasteiger partial charge in [-0.25, -0.2) is 4.98 Å². The Labute approximate surface area is 117 Å². The molecule has 6 heteroatoms. The van der Waals surface area contributed by atoms with Crippen LogP contribution in [0.3, 0.4) is 0 Å². The standard InChI is InChI=1S/C14H19N3O3/c1-16-12(18)10-4-2-3-5-11(10)15-14(16)17-7-6-9(8-17)13(19)20/h9H,2-8H2,1H3,(H,19,20)/t9-/m1/s1. The molecule has 1 atom stereocenters. The smallest absolute Gasteiger partial charge is 0.308 e. The third-order valence-electron chi connectivity index (χ3n) is 4.36. The van der Waals surface area contributed by atoms with Crippen molar-refractivity contribution in [1.82, 2.24) is 9.55 Å². The Morgan fingerprint density at radius 2 is 2.10 bits per heavy atom. The van der Waals surface area contributed by atoms with Crippen LogP contribution in [0.5, 0.6) is 0 Å². The Morgan fingerprint density at radius 1 is 1.35 bits per heavy atom. The fraction of sp³-hybridized carbons (Fsp3) is 0.643. The molecule has 2 aliphatic rings. The molecule has 108 valence electrons. The van der Waals surface area contributed by atoms with Crippen molar-refractivity contribution in [3.05, 3.63) is 21.6 Å². The summed E-state index contributed by atoms with van der Waals surface area (Å²) in [7, 11) is 1.73. The van der Waals surface area contributed by atoms with Crippen molar-refractivity contribution >= 4 is 11.9 Å². The van der Waals surface area contributed by atoms with Crippen molar-refractivity contribution in [1.29, 1.82) is 0 Å². The maximum absolute atomic E-state index is 12.4. The summed E-state index contributed by atoms with van der Waals surface area (Å²) in [4.78, 5) is 30.0. The van der Waals surface area contributed by atoms with Gasteiger partial charge in [-0.3, -0.25) is 14.2 Å². The van der Waals surface area contributed by atoms with E-state index in [-0.39, 0.29) is 11.5 Å². The summed E-state index contributed by atoms with van der Waals surface area (Å²) >= 11 is 0. The summed E-state index contributed by atoms with van der Waals surface area (Å²) in [6.45, 7) is 1.09. The van der Waals surface area contributed by atoms with Crippen LogP contribution >= 0.6 is 0 Å². The molecule has 1 N–H and O–H groups in total. The van der Waals surface area contributed by atoms with Gasteiger partial charge in [0.2, 0.25) is 5.95 Å². The lowest BCUT2D eigenvalue weighted by atomic mass is 9.97. The first kappa shape index (κ1) is 13.1. The number of aromatic nitrogens is 2. The number of aryl methyl sites for hydroxylation is 1. The van der Waals surface area contributed by atoms with Gasteiger partial charge in [-0.15, -0.1) is 0 Å². The van der Waals surface area contributed by atoms with Crippen LogP contribution in [-0.4, -0.2) is 33.7 Å². The Hall–Kier alpha value is -1.85. The Morgan fingerprint density at radius 3 is 2.80 bits per heavy atom. The minimum atomic E-state index is -0.768. The lowest BCUT2D eigenvalue weighted by molar-refractivity contribution is -0.140. The second kappa shape index (κ2) is 4.92. The molecule has 0 saturated carbocycles. The van der Waals surface area contributed by atoms with Gasteiger partial charge in [-0.05, 0) is 32.1 Å². The molecule has 3 rings (SSSR count). The van der Waals surface area contributed by atoms with Crippen LogP contribution in [0.15, 0.2) is 4.79 Å². The molecule has 2 heterocycles. The van der Waals surface area contributed by atoms with E-state index in [2.05, 4.69) is 4.98 Å². The van der Waals surface area contributed by atoms with E-state index < -0.39 is 5.97 Å². The number of aliphatic carboxylic acids is 1. The zero-order valence-corrected chi connectivity index (χ0v) is 11.6. The Balaban J connectivity index is 1.97. The van der Waals surface area contributed by atoms with Crippen molar-refractivity contribution in [2.45, 2.75) is 32.1 Å². The van der Waals surface area contributed by atoms with Gasteiger partial charge in [-0.2, -0.15) is 0 Å². The molecule has 0 aromatic carbocycles. The fourth-order valence-electron chi connectivity index (χ4n) is 3.16. The predicted octanol–water partition coefficient (Wildman–Crippen LogP) is 0.570. The molecule has 0 spiro atoms. The molecule has 0 radical (unpaired) electrons. The highest BCUT2D eigenvalue weighted by Crippen LogP contribution is 2.24. The summed E-state index contributed by atoms with van der Waals surface area (Å²) < 4.78 is 1.58. The third-order valence-corrected chi connectivity index (χ3v) is 4.36. The minimum absolute atomic E-state index is 0.0310. The maximum Gasteiger partial charge on any atom is 0.308 e. The van der Waals surface area contributed by atoms with Crippen LogP contribution in [-0.2, 0) is 24.7 Å². The van der Waals surface area contributed by atoms with Crippen LogP contribution < -0.4 is 10.5 Å². The number of carboxylic acid groups (broad SMARTS) is 1. The Bertz CT molecular complexity index is 608. The van der Waals surface area contributed by atoms with E-state index >= 15 is 0 Å². The summed E-state index contributed by atoms with van der Waals surface area (Å²) in [5.41, 5.74) is 1.79. The van der Waals surface area contributed by atoms with E-state index in [4.69, 9.17) is 5.11 Å². The Kier molecular flexibility index (Phi) is 3.23. The first-order chi connectivity index (χ1) is 9.58. The molecular formula is C14H19N3O3. The van der Waals surface area contributed by atoms with Crippen molar-refractivity contribution in [3.63, 3.8) is 0 Å². The van der Waals surface area contributed by atoms with Gasteiger partial charge in [0.15, 0.2) is 0 Å². The van der Waals surface area contributed by atoms with E-state index in [1.807, 2.05) is 4.90 Å². The molecule has 1 aliphatic carbocycles. The van der Waals surface area contributed by atoms with Gasteiger partial charge in [0, 0.05) is 25.7 Å². The molecule has 0 amide bonds. The molecule has 1 saturated heterocycles. The zero-order valence-electron chi connectivity index (χ0n) is 11.6. The zero-order chi connectivity index (χ0) is 14.3. The molecule has 6 nitrogen and oxygen atoms in total. The molecule has 20 heavy (non-hydrogen) atoms. The highest BCUT2D eigenvalue weighted by atomic mass is 16.4. The second-order valence-corrected chi connectivity index (χ2v) is 5.68. The van der Waals surface area contributed by atoms with Crippen molar-refractivity contribution in [2.75, 3.05) is 18.0 Å². The molecule has 1 fully saturated rings. The average molecular weight is 277 g/mol. The van der Waals surface area contributed by atoms with Gasteiger partial charge in [-0.1, -0.05) is 0 Å². The van der Waals surface area contributed by atoms with Crippen LogP contribution in [0, 0.1) is 5.92 Å². The highest BCUT2D eigenvalue weighted by Gasteiger charge is 2.31.